The zero-order valence-corrected chi connectivity index (χ0v) is 16.4. The first-order valence-electron chi connectivity index (χ1n) is 9.30. The molecule has 0 amide bonds. The Bertz CT molecular complexity index is 689. The van der Waals surface area contributed by atoms with Crippen molar-refractivity contribution < 1.29 is 13.2 Å². The monoisotopic (exact) mass is 366 g/mol. The van der Waals surface area contributed by atoms with Gasteiger partial charge in [-0.2, -0.15) is 4.31 Å². The minimum Gasteiger partial charge on any atom is -0.495 e. The van der Waals surface area contributed by atoms with Crippen molar-refractivity contribution in [2.24, 2.45) is 5.92 Å². The summed E-state index contributed by atoms with van der Waals surface area (Å²) in [5, 5.41) is 0. The fourth-order valence-corrected chi connectivity index (χ4v) is 5.57. The number of ether oxygens (including phenoxy) is 1. The molecule has 0 unspecified atom stereocenters. The van der Waals surface area contributed by atoms with Crippen molar-refractivity contribution in [3.8, 4) is 5.75 Å². The summed E-state index contributed by atoms with van der Waals surface area (Å²) < 4.78 is 33.0. The second-order valence-corrected chi connectivity index (χ2v) is 9.41. The Morgan fingerprint density at radius 3 is 2.28 bits per heavy atom. The van der Waals surface area contributed by atoms with Crippen LogP contribution in [0.5, 0.6) is 5.75 Å². The molecule has 0 N–H and O–H groups in total. The highest BCUT2D eigenvalue weighted by Crippen LogP contribution is 2.31. The van der Waals surface area contributed by atoms with Gasteiger partial charge in [0.1, 0.15) is 10.6 Å². The van der Waals surface area contributed by atoms with Gasteiger partial charge in [-0.05, 0) is 69.3 Å². The van der Waals surface area contributed by atoms with Crippen molar-refractivity contribution in [1.29, 1.82) is 0 Å². The number of rotatable bonds is 4. The van der Waals surface area contributed by atoms with Crippen LogP contribution in [-0.4, -0.2) is 57.0 Å². The first kappa shape index (κ1) is 18.7. The summed E-state index contributed by atoms with van der Waals surface area (Å²) in [6.45, 7) is 7.76. The van der Waals surface area contributed by atoms with Crippen LogP contribution in [0.2, 0.25) is 0 Å². The van der Waals surface area contributed by atoms with E-state index in [1.807, 2.05) is 13.0 Å². The number of likely N-dealkylation sites (tertiary alicyclic amines) is 1. The van der Waals surface area contributed by atoms with E-state index in [-0.39, 0.29) is 4.90 Å². The number of hydrogen-bond acceptors (Lipinski definition) is 4. The summed E-state index contributed by atoms with van der Waals surface area (Å²) in [5.74, 6) is 1.26. The molecule has 5 nitrogen and oxygen atoms in total. The maximum atomic E-state index is 13.0. The lowest BCUT2D eigenvalue weighted by atomic mass is 9.95. The van der Waals surface area contributed by atoms with E-state index in [0.29, 0.717) is 24.9 Å². The van der Waals surface area contributed by atoms with E-state index in [9.17, 15) is 8.42 Å². The highest BCUT2D eigenvalue weighted by Gasteiger charge is 2.34. The molecular formula is C19H30N2O3S. The Morgan fingerprint density at radius 1 is 1.04 bits per heavy atom. The number of aryl methyl sites for hydroxylation is 1. The largest absolute Gasteiger partial charge is 0.495 e. The third-order valence-electron chi connectivity index (χ3n) is 5.70. The predicted molar refractivity (Wildman–Crippen MR) is 99.5 cm³/mol. The maximum absolute atomic E-state index is 13.0. The highest BCUT2D eigenvalue weighted by atomic mass is 32.2. The predicted octanol–water partition coefficient (Wildman–Crippen LogP) is 2.89. The van der Waals surface area contributed by atoms with Gasteiger partial charge in [-0.25, -0.2) is 8.42 Å². The van der Waals surface area contributed by atoms with Gasteiger partial charge in [0.15, 0.2) is 0 Å². The molecule has 140 valence electrons. The second kappa shape index (κ2) is 7.64. The van der Waals surface area contributed by atoms with E-state index in [2.05, 4.69) is 11.8 Å². The molecule has 0 atom stereocenters. The maximum Gasteiger partial charge on any atom is 0.246 e. The van der Waals surface area contributed by atoms with Gasteiger partial charge in [-0.1, -0.05) is 13.0 Å². The Balaban J connectivity index is 1.68. The zero-order valence-electron chi connectivity index (χ0n) is 15.6. The molecule has 0 aromatic heterocycles. The topological polar surface area (TPSA) is 49.9 Å². The molecule has 25 heavy (non-hydrogen) atoms. The molecular weight excluding hydrogens is 336 g/mol. The third kappa shape index (κ3) is 4.01. The summed E-state index contributed by atoms with van der Waals surface area (Å²) in [6, 6.07) is 5.81. The van der Waals surface area contributed by atoms with Gasteiger partial charge in [-0.15, -0.1) is 0 Å². The Hall–Kier alpha value is -1.11. The van der Waals surface area contributed by atoms with Crippen LogP contribution in [0.25, 0.3) is 0 Å². The SMILES string of the molecule is COc1cc(C)ccc1S(=O)(=O)N1CCC(N2CCC(C)CC2)CC1. The number of nitrogens with zero attached hydrogens (tertiary/aromatic N) is 2. The minimum atomic E-state index is -3.49. The van der Waals surface area contributed by atoms with Crippen LogP contribution in [0.1, 0.15) is 38.2 Å². The molecule has 0 radical (unpaired) electrons. The van der Waals surface area contributed by atoms with Crippen LogP contribution in [0.4, 0.5) is 0 Å². The van der Waals surface area contributed by atoms with Gasteiger partial charge in [0.2, 0.25) is 10.0 Å². The molecule has 0 bridgehead atoms. The van der Waals surface area contributed by atoms with Gasteiger partial charge in [-0.3, -0.25) is 0 Å². The summed E-state index contributed by atoms with van der Waals surface area (Å²) in [6.07, 6.45) is 4.36. The van der Waals surface area contributed by atoms with Crippen LogP contribution in [0.3, 0.4) is 0 Å². The minimum absolute atomic E-state index is 0.283. The molecule has 2 heterocycles. The van der Waals surface area contributed by atoms with Crippen molar-refractivity contribution in [2.75, 3.05) is 33.3 Å². The molecule has 1 aromatic carbocycles. The molecule has 2 saturated heterocycles. The lowest BCUT2D eigenvalue weighted by Crippen LogP contribution is -2.48. The fourth-order valence-electron chi connectivity index (χ4n) is 3.97. The molecule has 2 fully saturated rings. The quantitative estimate of drug-likeness (QED) is 0.822. The summed E-state index contributed by atoms with van der Waals surface area (Å²) in [7, 11) is -1.97. The van der Waals surface area contributed by atoms with E-state index < -0.39 is 10.0 Å². The summed E-state index contributed by atoms with van der Waals surface area (Å²) in [4.78, 5) is 2.85. The normalized spacial score (nSPS) is 22.2. The molecule has 1 aromatic rings. The van der Waals surface area contributed by atoms with E-state index >= 15 is 0 Å². The molecule has 3 rings (SSSR count). The number of piperidine rings is 2. The number of benzene rings is 1. The van der Waals surface area contributed by atoms with Crippen LogP contribution in [-0.2, 0) is 10.0 Å². The zero-order chi connectivity index (χ0) is 18.0. The van der Waals surface area contributed by atoms with E-state index in [0.717, 1.165) is 37.4 Å². The van der Waals surface area contributed by atoms with E-state index in [1.54, 1.807) is 16.4 Å². The number of sulfonamides is 1. The third-order valence-corrected chi connectivity index (χ3v) is 7.63. The highest BCUT2D eigenvalue weighted by molar-refractivity contribution is 7.89. The van der Waals surface area contributed by atoms with Crippen LogP contribution in [0.15, 0.2) is 23.1 Å². The summed E-state index contributed by atoms with van der Waals surface area (Å²) >= 11 is 0. The van der Waals surface area contributed by atoms with Crippen molar-refractivity contribution in [3.63, 3.8) is 0 Å². The van der Waals surface area contributed by atoms with Gasteiger partial charge in [0.05, 0.1) is 7.11 Å². The second-order valence-electron chi connectivity index (χ2n) is 7.51. The average Bonchev–Trinajstić information content (AvgIpc) is 2.62. The van der Waals surface area contributed by atoms with Crippen LogP contribution < -0.4 is 4.74 Å². The number of hydrogen-bond donors (Lipinski definition) is 0. The van der Waals surface area contributed by atoms with Gasteiger partial charge in [0, 0.05) is 19.1 Å². The van der Waals surface area contributed by atoms with Crippen molar-refractivity contribution in [1.82, 2.24) is 9.21 Å². The van der Waals surface area contributed by atoms with Crippen LogP contribution in [0, 0.1) is 12.8 Å². The summed E-state index contributed by atoms with van der Waals surface area (Å²) in [5.41, 5.74) is 0.994. The van der Waals surface area contributed by atoms with E-state index in [4.69, 9.17) is 4.74 Å². The van der Waals surface area contributed by atoms with Crippen molar-refractivity contribution >= 4 is 10.0 Å². The number of methoxy groups -OCH3 is 1. The molecule has 0 saturated carbocycles. The van der Waals surface area contributed by atoms with Gasteiger partial charge < -0.3 is 9.64 Å². The lowest BCUT2D eigenvalue weighted by Gasteiger charge is -2.41. The molecule has 2 aliphatic rings. The van der Waals surface area contributed by atoms with Crippen LogP contribution >= 0.6 is 0 Å². The lowest BCUT2D eigenvalue weighted by molar-refractivity contribution is 0.101. The Morgan fingerprint density at radius 2 is 1.68 bits per heavy atom. The smallest absolute Gasteiger partial charge is 0.246 e. The van der Waals surface area contributed by atoms with Crippen molar-refractivity contribution in [3.05, 3.63) is 23.8 Å². The van der Waals surface area contributed by atoms with Gasteiger partial charge >= 0.3 is 0 Å². The molecule has 2 aliphatic heterocycles. The standard InChI is InChI=1S/C19H30N2O3S/c1-15-6-10-20(11-7-15)17-8-12-21(13-9-17)25(22,23)19-5-4-16(2)14-18(19)24-3/h4-5,14-15,17H,6-13H2,1-3H3. The van der Waals surface area contributed by atoms with E-state index in [1.165, 1.54) is 20.0 Å². The van der Waals surface area contributed by atoms with Crippen molar-refractivity contribution in [2.45, 2.75) is 50.5 Å². The van der Waals surface area contributed by atoms with Gasteiger partial charge in [0.25, 0.3) is 0 Å². The molecule has 0 aliphatic carbocycles. The molecule has 0 spiro atoms. The first-order valence-corrected chi connectivity index (χ1v) is 10.7. The molecule has 6 heteroatoms. The fraction of sp³-hybridized carbons (Fsp3) is 0.684. The Labute approximate surface area is 152 Å². The first-order chi connectivity index (χ1) is 11.9. The average molecular weight is 367 g/mol. The Kier molecular flexibility index (Phi) is 5.71.